The third-order valence-corrected chi connectivity index (χ3v) is 5.47. The molecule has 0 saturated heterocycles. The number of rotatable bonds is 6. The number of nitrogens with one attached hydrogen (secondary N) is 1. The highest BCUT2D eigenvalue weighted by molar-refractivity contribution is 8.27. The Morgan fingerprint density at radius 2 is 1.88 bits per heavy atom. The van der Waals surface area contributed by atoms with E-state index < -0.39 is 23.0 Å². The molecule has 7 nitrogen and oxygen atoms in total. The topological polar surface area (TPSA) is 87.3 Å². The molecule has 0 radical (unpaired) electrons. The second-order valence-electron chi connectivity index (χ2n) is 6.97. The van der Waals surface area contributed by atoms with Crippen molar-refractivity contribution in [3.8, 4) is 11.5 Å². The summed E-state index contributed by atoms with van der Waals surface area (Å²) in [5.74, 6) is -0.182. The van der Waals surface area contributed by atoms with E-state index >= 15 is 0 Å². The smallest absolute Gasteiger partial charge is 0.441 e. The number of aryl methyl sites for hydroxylation is 1. The molecule has 4 rings (SSSR count). The maximum atomic E-state index is 13.0. The molecule has 0 spiro atoms. The Morgan fingerprint density at radius 3 is 2.64 bits per heavy atom. The van der Waals surface area contributed by atoms with E-state index in [0.717, 1.165) is 5.56 Å². The van der Waals surface area contributed by atoms with Crippen LogP contribution in [-0.2, 0) is 4.79 Å². The first-order valence-electron chi connectivity index (χ1n) is 9.71. The molecule has 0 saturated carbocycles. The van der Waals surface area contributed by atoms with Crippen LogP contribution >= 0.6 is 11.8 Å². The predicted molar refractivity (Wildman–Crippen MR) is 120 cm³/mol. The van der Waals surface area contributed by atoms with Crippen molar-refractivity contribution in [2.75, 3.05) is 13.2 Å². The van der Waals surface area contributed by atoms with Crippen molar-refractivity contribution in [3.63, 3.8) is 0 Å². The molecule has 2 aliphatic rings. The van der Waals surface area contributed by atoms with Gasteiger partial charge in [-0.2, -0.15) is 28.3 Å². The second-order valence-corrected chi connectivity index (χ2v) is 7.93. The number of fused-ring (bicyclic) bond motifs is 1. The number of hydrazone groups is 1. The Kier molecular flexibility index (Phi) is 6.23. The van der Waals surface area contributed by atoms with E-state index in [9.17, 15) is 18.0 Å². The SMILES string of the molecule is Cc1cccc(OCCOc2ccccc2C=C2C(=N)N3N=C(C(F)(F)F)SC3=NC2=O)c1. The first kappa shape index (κ1) is 22.6. The van der Waals surface area contributed by atoms with Crippen molar-refractivity contribution in [1.82, 2.24) is 5.01 Å². The van der Waals surface area contributed by atoms with E-state index in [4.69, 9.17) is 14.9 Å². The average Bonchev–Trinajstić information content (AvgIpc) is 3.20. The molecule has 0 fully saturated rings. The molecule has 170 valence electrons. The Morgan fingerprint density at radius 1 is 1.12 bits per heavy atom. The standard InChI is InChI=1S/C22H17F3N4O3S/c1-13-5-4-7-15(11-13)31-9-10-32-17-8-3-2-6-14(17)12-16-18(26)29-21(27-19(16)30)33-20(28-29)22(23,24)25/h2-8,11-12,26H,9-10H2,1H3. The van der Waals surface area contributed by atoms with Crippen molar-refractivity contribution in [2.45, 2.75) is 13.1 Å². The summed E-state index contributed by atoms with van der Waals surface area (Å²) >= 11 is 0.207. The molecule has 0 aromatic heterocycles. The monoisotopic (exact) mass is 474 g/mol. The fourth-order valence-electron chi connectivity index (χ4n) is 3.01. The maximum absolute atomic E-state index is 13.0. The Balaban J connectivity index is 1.49. The number of hydrogen-bond acceptors (Lipinski definition) is 6. The molecule has 0 aliphatic carbocycles. The van der Waals surface area contributed by atoms with Crippen LogP contribution in [0.4, 0.5) is 13.2 Å². The van der Waals surface area contributed by atoms with Gasteiger partial charge in [0, 0.05) is 5.56 Å². The third-order valence-electron chi connectivity index (χ3n) is 4.52. The zero-order valence-corrected chi connectivity index (χ0v) is 18.0. The van der Waals surface area contributed by atoms with Crippen molar-refractivity contribution in [1.29, 1.82) is 5.41 Å². The van der Waals surface area contributed by atoms with Crippen LogP contribution in [0.5, 0.6) is 11.5 Å². The lowest BCUT2D eigenvalue weighted by Crippen LogP contribution is -2.35. The van der Waals surface area contributed by atoms with Crippen molar-refractivity contribution >= 4 is 39.8 Å². The lowest BCUT2D eigenvalue weighted by Gasteiger charge is -2.20. The molecule has 2 aromatic carbocycles. The molecule has 1 amide bonds. The number of hydrogen-bond donors (Lipinski definition) is 1. The number of aliphatic imine (C=N–C) groups is 1. The van der Waals surface area contributed by atoms with E-state index in [2.05, 4.69) is 10.1 Å². The summed E-state index contributed by atoms with van der Waals surface area (Å²) in [5.41, 5.74) is 1.34. The lowest BCUT2D eigenvalue weighted by atomic mass is 10.1. The van der Waals surface area contributed by atoms with E-state index in [-0.39, 0.29) is 35.7 Å². The summed E-state index contributed by atoms with van der Waals surface area (Å²) in [6.45, 7) is 2.45. The Bertz CT molecular complexity index is 1210. The molecule has 2 aromatic rings. The van der Waals surface area contributed by atoms with Gasteiger partial charge in [0.1, 0.15) is 24.7 Å². The van der Waals surface area contributed by atoms with Gasteiger partial charge in [0.05, 0.1) is 5.57 Å². The number of thioether (sulfide) groups is 1. The fraction of sp³-hybridized carbons (Fsp3) is 0.182. The number of benzene rings is 2. The first-order chi connectivity index (χ1) is 15.7. The molecule has 0 atom stereocenters. The highest BCUT2D eigenvalue weighted by atomic mass is 32.2. The normalized spacial score (nSPS) is 17.1. The maximum Gasteiger partial charge on any atom is 0.441 e. The van der Waals surface area contributed by atoms with Crippen molar-refractivity contribution in [2.24, 2.45) is 10.1 Å². The van der Waals surface area contributed by atoms with Crippen LogP contribution < -0.4 is 9.47 Å². The highest BCUT2D eigenvalue weighted by Gasteiger charge is 2.46. The molecule has 11 heteroatoms. The van der Waals surface area contributed by atoms with E-state index in [1.807, 2.05) is 31.2 Å². The number of halogens is 3. The zero-order chi connectivity index (χ0) is 23.6. The van der Waals surface area contributed by atoms with Crippen molar-refractivity contribution < 1.29 is 27.4 Å². The number of nitrogens with zero attached hydrogens (tertiary/aromatic N) is 3. The van der Waals surface area contributed by atoms with Gasteiger partial charge < -0.3 is 9.47 Å². The number of para-hydroxylation sites is 1. The minimum atomic E-state index is -4.70. The zero-order valence-electron chi connectivity index (χ0n) is 17.2. The summed E-state index contributed by atoms with van der Waals surface area (Å²) in [4.78, 5) is 16.1. The van der Waals surface area contributed by atoms with Gasteiger partial charge in [-0.1, -0.05) is 30.3 Å². The molecule has 2 aliphatic heterocycles. The number of carbonyl (C=O) groups excluding carboxylic acids is 1. The van der Waals surface area contributed by atoms with Gasteiger partial charge in [-0.3, -0.25) is 10.2 Å². The number of amides is 1. The van der Waals surface area contributed by atoms with Gasteiger partial charge in [0.15, 0.2) is 5.84 Å². The fourth-order valence-corrected chi connectivity index (χ4v) is 3.77. The minimum Gasteiger partial charge on any atom is -0.490 e. The van der Waals surface area contributed by atoms with Crippen LogP contribution in [0.2, 0.25) is 0 Å². The average molecular weight is 474 g/mol. The summed E-state index contributed by atoms with van der Waals surface area (Å²) in [7, 11) is 0. The molecule has 0 unspecified atom stereocenters. The number of carbonyl (C=O) groups is 1. The van der Waals surface area contributed by atoms with Crippen LogP contribution in [0.1, 0.15) is 11.1 Å². The van der Waals surface area contributed by atoms with Gasteiger partial charge in [0.25, 0.3) is 5.91 Å². The van der Waals surface area contributed by atoms with Gasteiger partial charge in [-0.25, -0.2) is 0 Å². The van der Waals surface area contributed by atoms with E-state index in [1.165, 1.54) is 6.08 Å². The molecule has 0 bridgehead atoms. The number of alkyl halides is 3. The third kappa shape index (κ3) is 5.08. The Labute approximate surface area is 191 Å². The first-order valence-corrected chi connectivity index (χ1v) is 10.5. The van der Waals surface area contributed by atoms with Crippen LogP contribution in [0.3, 0.4) is 0 Å². The summed E-state index contributed by atoms with van der Waals surface area (Å²) in [6.07, 6.45) is -3.34. The van der Waals surface area contributed by atoms with Crippen LogP contribution in [-0.4, -0.2) is 46.4 Å². The molecule has 33 heavy (non-hydrogen) atoms. The number of amidine groups is 2. The molecule has 1 N–H and O–H groups in total. The van der Waals surface area contributed by atoms with Gasteiger partial charge >= 0.3 is 6.18 Å². The summed E-state index contributed by atoms with van der Waals surface area (Å²) < 4.78 is 50.3. The quantitative estimate of drug-likeness (QED) is 0.487. The molecular weight excluding hydrogens is 457 g/mol. The highest BCUT2D eigenvalue weighted by Crippen LogP contribution is 2.35. The van der Waals surface area contributed by atoms with E-state index in [1.54, 1.807) is 24.3 Å². The van der Waals surface area contributed by atoms with Crippen LogP contribution in [0.25, 0.3) is 6.08 Å². The van der Waals surface area contributed by atoms with Gasteiger partial charge in [0.2, 0.25) is 10.2 Å². The Hall–Kier alpha value is -3.60. The second kappa shape index (κ2) is 9.10. The van der Waals surface area contributed by atoms with Gasteiger partial charge in [-0.05, 0) is 48.5 Å². The molecule has 2 heterocycles. The minimum absolute atomic E-state index is 0.196. The van der Waals surface area contributed by atoms with Gasteiger partial charge in [-0.15, -0.1) is 0 Å². The lowest BCUT2D eigenvalue weighted by molar-refractivity contribution is -0.114. The van der Waals surface area contributed by atoms with Crippen molar-refractivity contribution in [3.05, 3.63) is 65.2 Å². The molecular formula is C22H17F3N4O3S. The summed E-state index contributed by atoms with van der Waals surface area (Å²) in [5, 5.41) is 10.8. The van der Waals surface area contributed by atoms with Crippen LogP contribution in [0.15, 0.2) is 64.2 Å². The van der Waals surface area contributed by atoms with Crippen LogP contribution in [0, 0.1) is 12.3 Å². The predicted octanol–water partition coefficient (Wildman–Crippen LogP) is 4.63. The van der Waals surface area contributed by atoms with E-state index in [0.29, 0.717) is 22.1 Å². The number of ether oxygens (including phenoxy) is 2. The summed E-state index contributed by atoms with van der Waals surface area (Å²) in [6, 6.07) is 14.4. The largest absolute Gasteiger partial charge is 0.490 e.